The lowest BCUT2D eigenvalue weighted by Gasteiger charge is -2.35. The van der Waals surface area contributed by atoms with Gasteiger partial charge < -0.3 is 19.7 Å². The van der Waals surface area contributed by atoms with Crippen molar-refractivity contribution in [2.45, 2.75) is 45.3 Å². The van der Waals surface area contributed by atoms with Gasteiger partial charge in [-0.2, -0.15) is 0 Å². The van der Waals surface area contributed by atoms with Gasteiger partial charge in [0.2, 0.25) is 5.91 Å². The monoisotopic (exact) mass is 417 g/mol. The first kappa shape index (κ1) is 22.6. The van der Waals surface area contributed by atoms with Crippen LogP contribution in [0.1, 0.15) is 45.2 Å². The van der Waals surface area contributed by atoms with Crippen molar-refractivity contribution in [1.29, 1.82) is 0 Å². The summed E-state index contributed by atoms with van der Waals surface area (Å²) in [5.41, 5.74) is 0.556. The van der Waals surface area contributed by atoms with E-state index in [-0.39, 0.29) is 24.0 Å². The van der Waals surface area contributed by atoms with E-state index in [0.717, 1.165) is 51.3 Å². The van der Waals surface area contributed by atoms with Gasteiger partial charge >= 0.3 is 6.09 Å². The smallest absolute Gasteiger partial charge is 0.410 e. The number of ether oxygens (including phenoxy) is 2. The maximum absolute atomic E-state index is 13.1. The molecule has 30 heavy (non-hydrogen) atoms. The second kappa shape index (κ2) is 10.3. The summed E-state index contributed by atoms with van der Waals surface area (Å²) in [5.74, 6) is -0.215. The number of benzene rings is 1. The predicted octanol–water partition coefficient (Wildman–Crippen LogP) is 2.82. The minimum absolute atomic E-state index is 0.00497. The van der Waals surface area contributed by atoms with E-state index in [1.807, 2.05) is 39.0 Å². The number of nitrogens with zero attached hydrogens (tertiary/aromatic N) is 2. The number of amides is 2. The highest BCUT2D eigenvalue weighted by atomic mass is 16.6. The molecule has 2 atom stereocenters. The standard InChI is InChI=1S/C23H35N3O4/c1-23(2,3)30-22(28)26-11-7-10-19(16-26)21(27)24-20(18-8-5-4-6-9-18)17-25-12-14-29-15-13-25/h4-6,8-9,19-20H,7,10-17H2,1-3H3,(H,24,27)/t19-,20-/m1/s1. The molecule has 1 N–H and O–H groups in total. The van der Waals surface area contributed by atoms with Crippen LogP contribution >= 0.6 is 0 Å². The highest BCUT2D eigenvalue weighted by Crippen LogP contribution is 2.22. The Hall–Kier alpha value is -2.12. The second-order valence-corrected chi connectivity index (χ2v) is 9.15. The van der Waals surface area contributed by atoms with Gasteiger partial charge in [-0.1, -0.05) is 30.3 Å². The summed E-state index contributed by atoms with van der Waals surface area (Å²) in [6, 6.07) is 10.0. The van der Waals surface area contributed by atoms with E-state index >= 15 is 0 Å². The first-order chi connectivity index (χ1) is 14.3. The van der Waals surface area contributed by atoms with Crippen molar-refractivity contribution in [1.82, 2.24) is 15.1 Å². The number of piperidine rings is 1. The van der Waals surface area contributed by atoms with Crippen LogP contribution < -0.4 is 5.32 Å². The van der Waals surface area contributed by atoms with Crippen LogP contribution in [0.25, 0.3) is 0 Å². The Kier molecular flexibility index (Phi) is 7.72. The quantitative estimate of drug-likeness (QED) is 0.798. The van der Waals surface area contributed by atoms with Gasteiger partial charge in [-0.25, -0.2) is 4.79 Å². The maximum atomic E-state index is 13.1. The first-order valence-electron chi connectivity index (χ1n) is 11.0. The molecule has 0 spiro atoms. The Labute approximate surface area is 179 Å². The highest BCUT2D eigenvalue weighted by Gasteiger charge is 2.32. The van der Waals surface area contributed by atoms with Crippen LogP contribution in [0, 0.1) is 5.92 Å². The molecule has 7 heteroatoms. The number of hydrogen-bond donors (Lipinski definition) is 1. The van der Waals surface area contributed by atoms with Crippen LogP contribution in [-0.2, 0) is 14.3 Å². The van der Waals surface area contributed by atoms with Crippen LogP contribution in [0.2, 0.25) is 0 Å². The van der Waals surface area contributed by atoms with E-state index in [1.165, 1.54) is 0 Å². The molecule has 7 nitrogen and oxygen atoms in total. The van der Waals surface area contributed by atoms with E-state index in [0.29, 0.717) is 13.1 Å². The lowest BCUT2D eigenvalue weighted by Crippen LogP contribution is -2.49. The molecule has 2 amide bonds. The molecular formula is C23H35N3O4. The zero-order valence-corrected chi connectivity index (χ0v) is 18.4. The summed E-state index contributed by atoms with van der Waals surface area (Å²) >= 11 is 0. The molecule has 2 aliphatic rings. The molecule has 0 radical (unpaired) electrons. The van der Waals surface area contributed by atoms with Gasteiger partial charge in [0.25, 0.3) is 0 Å². The van der Waals surface area contributed by atoms with Gasteiger partial charge in [-0.05, 0) is 39.2 Å². The average molecular weight is 418 g/mol. The van der Waals surface area contributed by atoms with Crippen LogP contribution in [0.5, 0.6) is 0 Å². The lowest BCUT2D eigenvalue weighted by molar-refractivity contribution is -0.127. The number of carbonyl (C=O) groups excluding carboxylic acids is 2. The minimum atomic E-state index is -0.539. The molecule has 2 heterocycles. The largest absolute Gasteiger partial charge is 0.444 e. The summed E-state index contributed by atoms with van der Waals surface area (Å²) in [7, 11) is 0. The predicted molar refractivity (Wildman–Crippen MR) is 115 cm³/mol. The van der Waals surface area contributed by atoms with E-state index < -0.39 is 5.60 Å². The Balaban J connectivity index is 1.63. The molecule has 2 saturated heterocycles. The minimum Gasteiger partial charge on any atom is -0.444 e. The average Bonchev–Trinajstić information content (AvgIpc) is 2.73. The van der Waals surface area contributed by atoms with Crippen molar-refractivity contribution in [2.24, 2.45) is 5.92 Å². The molecule has 0 saturated carbocycles. The van der Waals surface area contributed by atoms with Gasteiger partial charge in [0, 0.05) is 32.7 Å². The van der Waals surface area contributed by atoms with Crippen molar-refractivity contribution < 1.29 is 19.1 Å². The third kappa shape index (κ3) is 6.71. The zero-order chi connectivity index (χ0) is 21.6. The SMILES string of the molecule is CC(C)(C)OC(=O)N1CCC[C@@H](C(=O)N[C@H](CN2CCOCC2)c2ccccc2)C1. The summed E-state index contributed by atoms with van der Waals surface area (Å²) in [6.07, 6.45) is 1.24. The summed E-state index contributed by atoms with van der Waals surface area (Å²) in [4.78, 5) is 29.6. The normalized spacial score (nSPS) is 21.7. The molecule has 0 aromatic heterocycles. The summed E-state index contributed by atoms with van der Waals surface area (Å²) in [5, 5.41) is 3.26. The second-order valence-electron chi connectivity index (χ2n) is 9.15. The summed E-state index contributed by atoms with van der Waals surface area (Å²) in [6.45, 7) is 10.5. The topological polar surface area (TPSA) is 71.1 Å². The number of morpholine rings is 1. The fraction of sp³-hybridized carbons (Fsp3) is 0.652. The van der Waals surface area contributed by atoms with E-state index in [2.05, 4.69) is 22.3 Å². The zero-order valence-electron chi connectivity index (χ0n) is 18.4. The number of rotatable bonds is 5. The van der Waals surface area contributed by atoms with Gasteiger partial charge in [0.05, 0.1) is 25.2 Å². The molecule has 0 unspecified atom stereocenters. The molecule has 1 aromatic carbocycles. The Morgan fingerprint density at radius 1 is 1.17 bits per heavy atom. The summed E-state index contributed by atoms with van der Waals surface area (Å²) < 4.78 is 10.9. The van der Waals surface area contributed by atoms with Gasteiger partial charge in [-0.15, -0.1) is 0 Å². The molecule has 2 aliphatic heterocycles. The number of nitrogens with one attached hydrogen (secondary N) is 1. The van der Waals surface area contributed by atoms with Crippen LogP contribution in [0.4, 0.5) is 4.79 Å². The molecule has 3 rings (SSSR count). The fourth-order valence-electron chi connectivity index (χ4n) is 3.93. The highest BCUT2D eigenvalue weighted by molar-refractivity contribution is 5.80. The maximum Gasteiger partial charge on any atom is 0.410 e. The van der Waals surface area contributed by atoms with Crippen molar-refractivity contribution in [3.05, 3.63) is 35.9 Å². The Morgan fingerprint density at radius 3 is 2.53 bits per heavy atom. The fourth-order valence-corrected chi connectivity index (χ4v) is 3.93. The van der Waals surface area contributed by atoms with Crippen molar-refractivity contribution in [3.8, 4) is 0 Å². The number of carbonyl (C=O) groups is 2. The lowest BCUT2D eigenvalue weighted by atomic mass is 9.96. The van der Waals surface area contributed by atoms with E-state index in [9.17, 15) is 9.59 Å². The van der Waals surface area contributed by atoms with E-state index in [4.69, 9.17) is 9.47 Å². The van der Waals surface area contributed by atoms with Crippen molar-refractivity contribution in [3.63, 3.8) is 0 Å². The molecule has 0 bridgehead atoms. The van der Waals surface area contributed by atoms with Crippen molar-refractivity contribution >= 4 is 12.0 Å². The van der Waals surface area contributed by atoms with E-state index in [1.54, 1.807) is 4.90 Å². The van der Waals surface area contributed by atoms with Crippen LogP contribution in [-0.4, -0.2) is 73.3 Å². The Morgan fingerprint density at radius 2 is 1.87 bits per heavy atom. The Bertz CT molecular complexity index is 698. The number of hydrogen-bond acceptors (Lipinski definition) is 5. The van der Waals surface area contributed by atoms with Gasteiger partial charge in [0.1, 0.15) is 5.60 Å². The third-order valence-corrected chi connectivity index (χ3v) is 5.51. The van der Waals surface area contributed by atoms with Crippen LogP contribution in [0.15, 0.2) is 30.3 Å². The number of likely N-dealkylation sites (tertiary alicyclic amines) is 1. The molecule has 1 aromatic rings. The first-order valence-corrected chi connectivity index (χ1v) is 11.0. The molecule has 2 fully saturated rings. The molecule has 0 aliphatic carbocycles. The third-order valence-electron chi connectivity index (χ3n) is 5.51. The van der Waals surface area contributed by atoms with Crippen molar-refractivity contribution in [2.75, 3.05) is 45.9 Å². The van der Waals surface area contributed by atoms with Gasteiger partial charge in [-0.3, -0.25) is 9.69 Å². The van der Waals surface area contributed by atoms with Crippen LogP contribution in [0.3, 0.4) is 0 Å². The molecule has 166 valence electrons. The van der Waals surface area contributed by atoms with Gasteiger partial charge in [0.15, 0.2) is 0 Å². The molecular weight excluding hydrogens is 382 g/mol.